The molecule has 0 N–H and O–H groups in total. The maximum Gasteiger partial charge on any atom is 0.254 e. The minimum atomic E-state index is -0.0430. The first kappa shape index (κ1) is 14.2. The van der Waals surface area contributed by atoms with E-state index in [4.69, 9.17) is 0 Å². The molecule has 0 aliphatic heterocycles. The number of hydrogen-bond donors (Lipinski definition) is 0. The molecule has 0 atom stereocenters. The summed E-state index contributed by atoms with van der Waals surface area (Å²) in [5.74, 6) is 0.359. The van der Waals surface area contributed by atoms with Crippen molar-refractivity contribution in [3.8, 4) is 0 Å². The normalized spacial score (nSPS) is 13.6. The molecule has 0 saturated carbocycles. The monoisotopic (exact) mass is 244 g/mol. The van der Waals surface area contributed by atoms with Crippen LogP contribution in [0.3, 0.4) is 0 Å². The van der Waals surface area contributed by atoms with Crippen molar-refractivity contribution in [2.24, 2.45) is 10.9 Å². The molecular weight excluding hydrogens is 224 g/mol. The van der Waals surface area contributed by atoms with Crippen molar-refractivity contribution in [3.05, 3.63) is 53.1 Å². The molecule has 0 aliphatic rings. The van der Waals surface area contributed by atoms with Gasteiger partial charge in [-0.15, -0.1) is 0 Å². The van der Waals surface area contributed by atoms with Crippen molar-refractivity contribution >= 4 is 11.4 Å². The first-order valence-corrected chi connectivity index (χ1v) is 6.11. The van der Waals surface area contributed by atoms with E-state index in [1.807, 2.05) is 32.1 Å². The van der Waals surface area contributed by atoms with E-state index in [2.05, 4.69) is 18.8 Å². The molecular formula is C15H20N2O. The van der Waals surface area contributed by atoms with Gasteiger partial charge in [0, 0.05) is 29.9 Å². The number of pyridine rings is 1. The molecule has 18 heavy (non-hydrogen) atoms. The summed E-state index contributed by atoms with van der Waals surface area (Å²) in [7, 11) is 0. The molecule has 0 radical (unpaired) electrons. The minimum Gasteiger partial charge on any atom is -0.287 e. The van der Waals surface area contributed by atoms with Gasteiger partial charge in [-0.1, -0.05) is 26.0 Å². The molecule has 1 aromatic rings. The lowest BCUT2D eigenvalue weighted by Gasteiger charge is -2.05. The SMILES string of the molecule is CC=C/C(=N\C=C(/C)n1ccccc1=O)C(C)C. The van der Waals surface area contributed by atoms with Crippen LogP contribution in [-0.2, 0) is 0 Å². The first-order chi connectivity index (χ1) is 8.56. The lowest BCUT2D eigenvalue weighted by atomic mass is 10.1. The molecule has 0 bridgehead atoms. The third-order valence-corrected chi connectivity index (χ3v) is 2.53. The quantitative estimate of drug-likeness (QED) is 0.748. The molecule has 3 heteroatoms. The summed E-state index contributed by atoms with van der Waals surface area (Å²) in [6.45, 7) is 8.03. The van der Waals surface area contributed by atoms with Gasteiger partial charge in [-0.05, 0) is 31.9 Å². The van der Waals surface area contributed by atoms with Crippen molar-refractivity contribution in [1.29, 1.82) is 0 Å². The Morgan fingerprint density at radius 1 is 1.39 bits per heavy atom. The highest BCUT2D eigenvalue weighted by molar-refractivity contribution is 5.96. The summed E-state index contributed by atoms with van der Waals surface area (Å²) in [5.41, 5.74) is 1.77. The van der Waals surface area contributed by atoms with Crippen LogP contribution in [0.15, 0.2) is 52.5 Å². The van der Waals surface area contributed by atoms with Crippen LogP contribution in [0.5, 0.6) is 0 Å². The van der Waals surface area contributed by atoms with Gasteiger partial charge in [0.15, 0.2) is 0 Å². The Bertz CT molecular complexity index is 533. The molecule has 0 aliphatic carbocycles. The van der Waals surface area contributed by atoms with Crippen molar-refractivity contribution < 1.29 is 0 Å². The van der Waals surface area contributed by atoms with Crippen LogP contribution in [-0.4, -0.2) is 10.3 Å². The molecule has 1 rings (SSSR count). The third-order valence-electron chi connectivity index (χ3n) is 2.53. The van der Waals surface area contributed by atoms with Gasteiger partial charge in [0.05, 0.1) is 0 Å². The van der Waals surface area contributed by atoms with E-state index in [9.17, 15) is 4.79 Å². The van der Waals surface area contributed by atoms with E-state index >= 15 is 0 Å². The number of aliphatic imine (C=N–C) groups is 1. The number of allylic oxidation sites excluding steroid dienone is 3. The topological polar surface area (TPSA) is 34.4 Å². The van der Waals surface area contributed by atoms with E-state index in [-0.39, 0.29) is 5.56 Å². The molecule has 3 nitrogen and oxygen atoms in total. The highest BCUT2D eigenvalue weighted by Gasteiger charge is 2.00. The van der Waals surface area contributed by atoms with Gasteiger partial charge in [-0.3, -0.25) is 14.4 Å². The van der Waals surface area contributed by atoms with Crippen LogP contribution < -0.4 is 5.56 Å². The Kier molecular flexibility index (Phi) is 5.31. The van der Waals surface area contributed by atoms with Crippen LogP contribution >= 0.6 is 0 Å². The van der Waals surface area contributed by atoms with Gasteiger partial charge in [-0.25, -0.2) is 0 Å². The van der Waals surface area contributed by atoms with Gasteiger partial charge < -0.3 is 0 Å². The summed E-state index contributed by atoms with van der Waals surface area (Å²) in [6, 6.07) is 5.10. The third kappa shape index (κ3) is 3.84. The van der Waals surface area contributed by atoms with Crippen LogP contribution in [0.4, 0.5) is 0 Å². The molecule has 1 aromatic heterocycles. The maximum atomic E-state index is 11.6. The van der Waals surface area contributed by atoms with E-state index in [0.717, 1.165) is 11.4 Å². The smallest absolute Gasteiger partial charge is 0.254 e. The fraction of sp³-hybridized carbons (Fsp3) is 0.333. The van der Waals surface area contributed by atoms with Crippen LogP contribution in [0.1, 0.15) is 27.7 Å². The summed E-state index contributed by atoms with van der Waals surface area (Å²) in [5, 5.41) is 0. The molecule has 0 unspecified atom stereocenters. The van der Waals surface area contributed by atoms with Crippen molar-refractivity contribution in [2.75, 3.05) is 0 Å². The average Bonchev–Trinajstić information content (AvgIpc) is 2.34. The average molecular weight is 244 g/mol. The predicted molar refractivity (Wildman–Crippen MR) is 77.7 cm³/mol. The van der Waals surface area contributed by atoms with Gasteiger partial charge >= 0.3 is 0 Å². The fourth-order valence-electron chi connectivity index (χ4n) is 1.50. The second-order valence-corrected chi connectivity index (χ2v) is 4.39. The molecule has 0 amide bonds. The second-order valence-electron chi connectivity index (χ2n) is 4.39. The molecule has 0 fully saturated rings. The fourth-order valence-corrected chi connectivity index (χ4v) is 1.50. The van der Waals surface area contributed by atoms with Crippen molar-refractivity contribution in [1.82, 2.24) is 4.57 Å². The van der Waals surface area contributed by atoms with Crippen LogP contribution in [0.25, 0.3) is 5.70 Å². The van der Waals surface area contributed by atoms with Crippen LogP contribution in [0, 0.1) is 5.92 Å². The lowest BCUT2D eigenvalue weighted by Crippen LogP contribution is -2.15. The highest BCUT2D eigenvalue weighted by atomic mass is 16.1. The zero-order chi connectivity index (χ0) is 13.5. The van der Waals surface area contributed by atoms with Crippen molar-refractivity contribution in [3.63, 3.8) is 0 Å². The molecule has 0 spiro atoms. The minimum absolute atomic E-state index is 0.0430. The Morgan fingerprint density at radius 2 is 2.11 bits per heavy atom. The largest absolute Gasteiger partial charge is 0.287 e. The Balaban J connectivity index is 3.07. The summed E-state index contributed by atoms with van der Waals surface area (Å²) in [4.78, 5) is 16.1. The van der Waals surface area contributed by atoms with E-state index < -0.39 is 0 Å². The Morgan fingerprint density at radius 3 is 2.67 bits per heavy atom. The number of aromatic nitrogens is 1. The number of hydrogen-bond acceptors (Lipinski definition) is 2. The number of rotatable bonds is 4. The standard InChI is InChI=1S/C15H20N2O/c1-5-8-14(12(2)3)16-11-13(4)17-10-7-6-9-15(17)18/h5-12H,1-4H3/b8-5?,13-11+,16-14+. The van der Waals surface area contributed by atoms with Gasteiger partial charge in [0.2, 0.25) is 0 Å². The molecule has 1 heterocycles. The Labute approximate surface area is 108 Å². The van der Waals surface area contributed by atoms with E-state index in [1.165, 1.54) is 6.07 Å². The highest BCUT2D eigenvalue weighted by Crippen LogP contribution is 2.04. The van der Waals surface area contributed by atoms with Gasteiger partial charge in [-0.2, -0.15) is 0 Å². The van der Waals surface area contributed by atoms with E-state index in [0.29, 0.717) is 5.92 Å². The maximum absolute atomic E-state index is 11.6. The van der Waals surface area contributed by atoms with Gasteiger partial charge in [0.1, 0.15) is 0 Å². The zero-order valence-corrected chi connectivity index (χ0v) is 11.4. The molecule has 0 aromatic carbocycles. The molecule has 0 saturated heterocycles. The zero-order valence-electron chi connectivity index (χ0n) is 11.4. The summed E-state index contributed by atoms with van der Waals surface area (Å²) >= 11 is 0. The summed E-state index contributed by atoms with van der Waals surface area (Å²) in [6.07, 6.45) is 7.43. The van der Waals surface area contributed by atoms with Crippen LogP contribution in [0.2, 0.25) is 0 Å². The number of nitrogens with zero attached hydrogens (tertiary/aromatic N) is 2. The Hall–Kier alpha value is -1.90. The van der Waals surface area contributed by atoms with E-state index in [1.54, 1.807) is 23.0 Å². The molecule has 96 valence electrons. The predicted octanol–water partition coefficient (Wildman–Crippen LogP) is 3.34. The summed E-state index contributed by atoms with van der Waals surface area (Å²) < 4.78 is 1.58. The van der Waals surface area contributed by atoms with Gasteiger partial charge in [0.25, 0.3) is 5.56 Å². The second kappa shape index (κ2) is 6.74. The van der Waals surface area contributed by atoms with Crippen molar-refractivity contribution in [2.45, 2.75) is 27.7 Å². The lowest BCUT2D eigenvalue weighted by molar-refractivity contribution is 0.888. The first-order valence-electron chi connectivity index (χ1n) is 6.11.